The standard InChI is InChI=1S/C34H62N10O12/c1-19(46)27(43-30(51)22(10-3-6-14-36)39-28(49)20(38)17-26(47)48)33(54)44-16-8-12-25(44)32(53)40-21(9-2-5-13-35)29(50)42-24(18-45)31(52)41-23(34(55)56)11-4-7-15-37/h19-25,27,45-46H,2-18,35-38H2,1H3,(H,39,49)(H,40,53)(H,41,52)(H,42,50)(H,43,51)(H,47,48)(H,55,56)/t19-,20+,21+,22+,23+,24+,25+,27+/m1/s1. The quantitative estimate of drug-likeness (QED) is 0.0330. The van der Waals surface area contributed by atoms with Gasteiger partial charge in [-0.3, -0.25) is 33.6 Å². The first-order valence-corrected chi connectivity index (χ1v) is 18.9. The van der Waals surface area contributed by atoms with Gasteiger partial charge in [0.15, 0.2) is 0 Å². The van der Waals surface area contributed by atoms with Crippen molar-refractivity contribution in [2.24, 2.45) is 22.9 Å². The molecule has 0 saturated carbocycles. The Kier molecular flexibility index (Phi) is 23.3. The highest BCUT2D eigenvalue weighted by atomic mass is 16.4. The number of aliphatic hydroxyl groups excluding tert-OH is 2. The van der Waals surface area contributed by atoms with Gasteiger partial charge in [0.25, 0.3) is 0 Å². The van der Waals surface area contributed by atoms with Crippen molar-refractivity contribution < 1.29 is 58.8 Å². The highest BCUT2D eigenvalue weighted by Crippen LogP contribution is 2.20. The van der Waals surface area contributed by atoms with Crippen molar-refractivity contribution in [3.05, 3.63) is 0 Å². The summed E-state index contributed by atoms with van der Waals surface area (Å²) in [6, 6.07) is -9.62. The monoisotopic (exact) mass is 802 g/mol. The van der Waals surface area contributed by atoms with Crippen molar-refractivity contribution in [2.75, 3.05) is 32.8 Å². The van der Waals surface area contributed by atoms with Gasteiger partial charge in [-0.15, -0.1) is 0 Å². The van der Waals surface area contributed by atoms with Gasteiger partial charge in [-0.25, -0.2) is 4.79 Å². The van der Waals surface area contributed by atoms with Crippen LogP contribution in [0.1, 0.15) is 84.0 Å². The minimum Gasteiger partial charge on any atom is -0.481 e. The maximum absolute atomic E-state index is 13.8. The highest BCUT2D eigenvalue weighted by molar-refractivity contribution is 5.97. The van der Waals surface area contributed by atoms with Gasteiger partial charge in [0.1, 0.15) is 36.3 Å². The van der Waals surface area contributed by atoms with Crippen LogP contribution in [0.4, 0.5) is 0 Å². The molecule has 6 amide bonds. The van der Waals surface area contributed by atoms with E-state index in [1.54, 1.807) is 0 Å². The second kappa shape index (κ2) is 26.4. The normalized spacial score (nSPS) is 17.6. The third-order valence-electron chi connectivity index (χ3n) is 9.15. The predicted octanol–water partition coefficient (Wildman–Crippen LogP) is -4.95. The minimum atomic E-state index is -1.59. The second-order valence-electron chi connectivity index (χ2n) is 13.7. The van der Waals surface area contributed by atoms with Gasteiger partial charge in [0.2, 0.25) is 35.4 Å². The Bertz CT molecular complexity index is 1320. The molecule has 1 saturated heterocycles. The number of carboxylic acid groups (broad SMARTS) is 2. The predicted molar refractivity (Wildman–Crippen MR) is 200 cm³/mol. The van der Waals surface area contributed by atoms with Crippen LogP contribution < -0.4 is 49.5 Å². The van der Waals surface area contributed by atoms with Crippen LogP contribution in [0.15, 0.2) is 0 Å². The number of aliphatic carboxylic acids is 2. The van der Waals surface area contributed by atoms with Gasteiger partial charge in [-0.05, 0) is 97.2 Å². The Hall–Kier alpha value is -4.48. The number of hydrogen-bond acceptors (Lipinski definition) is 14. The summed E-state index contributed by atoms with van der Waals surface area (Å²) in [6.45, 7) is 1.27. The molecule has 22 nitrogen and oxygen atoms in total. The Labute approximate surface area is 325 Å². The number of aliphatic hydroxyl groups is 2. The largest absolute Gasteiger partial charge is 0.481 e. The number of rotatable bonds is 28. The number of carbonyl (C=O) groups is 8. The molecule has 0 bridgehead atoms. The Morgan fingerprint density at radius 2 is 1.14 bits per heavy atom. The first-order valence-electron chi connectivity index (χ1n) is 18.9. The Morgan fingerprint density at radius 3 is 1.62 bits per heavy atom. The van der Waals surface area contributed by atoms with Crippen molar-refractivity contribution in [3.8, 4) is 0 Å². The van der Waals surface area contributed by atoms with E-state index in [1.165, 1.54) is 6.92 Å². The molecule has 1 fully saturated rings. The van der Waals surface area contributed by atoms with E-state index >= 15 is 0 Å². The van der Waals surface area contributed by atoms with Crippen LogP contribution >= 0.6 is 0 Å². The van der Waals surface area contributed by atoms with Gasteiger partial charge < -0.3 is 74.8 Å². The molecular formula is C34H62N10O12. The second-order valence-corrected chi connectivity index (χ2v) is 13.7. The summed E-state index contributed by atoms with van der Waals surface area (Å²) in [5.41, 5.74) is 22.3. The van der Waals surface area contributed by atoms with E-state index < -0.39 is 109 Å². The van der Waals surface area contributed by atoms with E-state index in [1.807, 2.05) is 0 Å². The maximum Gasteiger partial charge on any atom is 0.326 e. The fourth-order valence-corrected chi connectivity index (χ4v) is 5.96. The molecule has 1 aliphatic rings. The summed E-state index contributed by atoms with van der Waals surface area (Å²) >= 11 is 0. The molecule has 8 atom stereocenters. The molecule has 0 aromatic carbocycles. The van der Waals surface area contributed by atoms with Gasteiger partial charge >= 0.3 is 11.9 Å². The zero-order valence-electron chi connectivity index (χ0n) is 32.0. The van der Waals surface area contributed by atoms with Crippen LogP contribution in [0.25, 0.3) is 0 Å². The first kappa shape index (κ1) is 49.5. The zero-order chi connectivity index (χ0) is 42.4. The number of carbonyl (C=O) groups excluding carboxylic acids is 6. The molecular weight excluding hydrogens is 740 g/mol. The van der Waals surface area contributed by atoms with Gasteiger partial charge in [0, 0.05) is 6.54 Å². The third kappa shape index (κ3) is 17.1. The first-order chi connectivity index (χ1) is 26.5. The van der Waals surface area contributed by atoms with Crippen molar-refractivity contribution in [3.63, 3.8) is 0 Å². The molecule has 1 heterocycles. The number of nitrogens with zero attached hydrogens (tertiary/aromatic N) is 1. The lowest BCUT2D eigenvalue weighted by atomic mass is 10.0. The lowest BCUT2D eigenvalue weighted by Crippen LogP contribution is -2.61. The van der Waals surface area contributed by atoms with E-state index in [0.717, 1.165) is 4.90 Å². The van der Waals surface area contributed by atoms with Gasteiger partial charge in [0.05, 0.1) is 25.2 Å². The van der Waals surface area contributed by atoms with Crippen LogP contribution in [0.3, 0.4) is 0 Å². The summed E-state index contributed by atoms with van der Waals surface area (Å²) in [5, 5.41) is 51.1. The number of likely N-dealkylation sites (tertiary alicyclic amines) is 1. The number of amides is 6. The van der Waals surface area contributed by atoms with Gasteiger partial charge in [-0.2, -0.15) is 0 Å². The Morgan fingerprint density at radius 1 is 0.679 bits per heavy atom. The number of nitrogens with two attached hydrogens (primary N) is 4. The van der Waals surface area contributed by atoms with E-state index in [9.17, 15) is 53.7 Å². The molecule has 320 valence electrons. The lowest BCUT2D eigenvalue weighted by molar-refractivity contribution is -0.145. The number of nitrogens with one attached hydrogen (secondary N) is 5. The van der Waals surface area contributed by atoms with Crippen LogP contribution in [0, 0.1) is 0 Å². The summed E-state index contributed by atoms with van der Waals surface area (Å²) in [5.74, 6) is -7.86. The molecule has 0 aliphatic carbocycles. The number of hydrogen-bond donors (Lipinski definition) is 13. The minimum absolute atomic E-state index is 0.0452. The smallest absolute Gasteiger partial charge is 0.326 e. The van der Waals surface area contributed by atoms with E-state index in [-0.39, 0.29) is 45.3 Å². The van der Waals surface area contributed by atoms with E-state index in [4.69, 9.17) is 28.0 Å². The van der Waals surface area contributed by atoms with Crippen molar-refractivity contribution in [2.45, 2.75) is 132 Å². The fraction of sp³-hybridized carbons (Fsp3) is 0.765. The zero-order valence-corrected chi connectivity index (χ0v) is 32.0. The number of unbranched alkanes of at least 4 members (excludes halogenated alkanes) is 3. The average Bonchev–Trinajstić information content (AvgIpc) is 3.64. The molecule has 22 heteroatoms. The van der Waals surface area contributed by atoms with Gasteiger partial charge in [-0.1, -0.05) is 0 Å². The molecule has 0 aromatic heterocycles. The summed E-state index contributed by atoms with van der Waals surface area (Å²) in [7, 11) is 0. The average molecular weight is 803 g/mol. The Balaban J connectivity index is 3.17. The number of carboxylic acids is 2. The fourth-order valence-electron chi connectivity index (χ4n) is 5.96. The van der Waals surface area contributed by atoms with Crippen LogP contribution in [-0.4, -0.2) is 154 Å². The van der Waals surface area contributed by atoms with E-state index in [0.29, 0.717) is 51.5 Å². The molecule has 0 aromatic rings. The van der Waals surface area contributed by atoms with Crippen LogP contribution in [0.5, 0.6) is 0 Å². The van der Waals surface area contributed by atoms with Crippen LogP contribution in [0.2, 0.25) is 0 Å². The molecule has 56 heavy (non-hydrogen) atoms. The topological polar surface area (TPSA) is 385 Å². The molecule has 0 unspecified atom stereocenters. The summed E-state index contributed by atoms with van der Waals surface area (Å²) < 4.78 is 0. The van der Waals surface area contributed by atoms with E-state index in [2.05, 4.69) is 26.6 Å². The maximum atomic E-state index is 13.8. The molecule has 1 aliphatic heterocycles. The van der Waals surface area contributed by atoms with Crippen molar-refractivity contribution in [1.82, 2.24) is 31.5 Å². The molecule has 0 spiro atoms. The molecule has 1 rings (SSSR count). The van der Waals surface area contributed by atoms with Crippen LogP contribution in [-0.2, 0) is 38.4 Å². The SMILES string of the molecule is C[C@@H](O)[C@H](NC(=O)[C@H](CCCCN)NC(=O)[C@@H](N)CC(=O)O)C(=O)N1CCC[C@H]1C(=O)N[C@@H](CCCCN)C(=O)N[C@@H](CO)C(=O)N[C@@H](CCCCN)C(=O)O. The van der Waals surface area contributed by atoms with Crippen molar-refractivity contribution >= 4 is 47.4 Å². The van der Waals surface area contributed by atoms with Crippen molar-refractivity contribution in [1.29, 1.82) is 0 Å². The highest BCUT2D eigenvalue weighted by Gasteiger charge is 2.41. The summed E-state index contributed by atoms with van der Waals surface area (Å²) in [4.78, 5) is 104. The lowest BCUT2D eigenvalue weighted by Gasteiger charge is -2.32. The summed E-state index contributed by atoms with van der Waals surface area (Å²) in [6.07, 6.45) is 1.06. The molecule has 0 radical (unpaired) electrons. The molecule has 17 N–H and O–H groups in total. The third-order valence-corrected chi connectivity index (χ3v) is 9.15.